The van der Waals surface area contributed by atoms with Crippen LogP contribution in [0.2, 0.25) is 0 Å². The van der Waals surface area contributed by atoms with E-state index in [1.807, 2.05) is 0 Å². The second kappa shape index (κ2) is 3.30. The number of hydrogen-bond acceptors (Lipinski definition) is 2. The second-order valence-electron chi connectivity index (χ2n) is 2.04. The number of halogens is 1. The molecule has 0 unspecified atom stereocenters. The van der Waals surface area contributed by atoms with Gasteiger partial charge in [-0.05, 0) is 23.8 Å². The molecule has 0 aliphatic heterocycles. The van der Waals surface area contributed by atoms with E-state index in [4.69, 9.17) is 21.8 Å². The smallest absolute Gasteiger partial charge is 0.157 e. The Bertz CT molecular complexity index is 281. The molecule has 2 nitrogen and oxygen atoms in total. The van der Waals surface area contributed by atoms with E-state index in [-0.39, 0.29) is 11.5 Å². The standard InChI is InChI=1S/C8H7ClO2/c9-4-3-6-1-2-7(10)8(11)5-6/h1-5,10-11H. The number of benzene rings is 1. The molecule has 0 amide bonds. The monoisotopic (exact) mass is 170 g/mol. The maximum absolute atomic E-state index is 9.00. The summed E-state index contributed by atoms with van der Waals surface area (Å²) in [6, 6.07) is 4.48. The molecule has 0 spiro atoms. The van der Waals surface area contributed by atoms with Gasteiger partial charge in [-0.15, -0.1) is 0 Å². The van der Waals surface area contributed by atoms with Crippen molar-refractivity contribution < 1.29 is 10.2 Å². The molecule has 0 radical (unpaired) electrons. The molecular weight excluding hydrogens is 164 g/mol. The molecule has 0 aliphatic carbocycles. The maximum Gasteiger partial charge on any atom is 0.157 e. The summed E-state index contributed by atoms with van der Waals surface area (Å²) in [5.74, 6) is -0.269. The van der Waals surface area contributed by atoms with Gasteiger partial charge in [0.15, 0.2) is 11.5 Å². The topological polar surface area (TPSA) is 40.5 Å². The third kappa shape index (κ3) is 1.88. The van der Waals surface area contributed by atoms with Gasteiger partial charge >= 0.3 is 0 Å². The quantitative estimate of drug-likeness (QED) is 0.635. The Labute approximate surface area is 69.4 Å². The van der Waals surface area contributed by atoms with E-state index in [2.05, 4.69) is 0 Å². The summed E-state index contributed by atoms with van der Waals surface area (Å²) in [4.78, 5) is 0. The lowest BCUT2D eigenvalue weighted by atomic mass is 10.2. The predicted molar refractivity (Wildman–Crippen MR) is 44.7 cm³/mol. The molecule has 1 aromatic carbocycles. The minimum atomic E-state index is -0.141. The predicted octanol–water partition coefficient (Wildman–Crippen LogP) is 2.31. The molecule has 0 heterocycles. The number of phenolic OH excluding ortho intramolecular Hbond substituents is 2. The zero-order valence-electron chi connectivity index (χ0n) is 5.66. The molecule has 0 atom stereocenters. The fourth-order valence-electron chi connectivity index (χ4n) is 0.717. The van der Waals surface area contributed by atoms with Gasteiger partial charge in [-0.3, -0.25) is 0 Å². The molecule has 0 aliphatic rings. The van der Waals surface area contributed by atoms with Gasteiger partial charge in [0.05, 0.1) is 0 Å². The highest BCUT2D eigenvalue weighted by Crippen LogP contribution is 2.25. The average Bonchev–Trinajstić information content (AvgIpc) is 1.98. The molecule has 1 aromatic rings. The van der Waals surface area contributed by atoms with Crippen molar-refractivity contribution in [2.24, 2.45) is 0 Å². The van der Waals surface area contributed by atoms with Crippen molar-refractivity contribution in [3.63, 3.8) is 0 Å². The lowest BCUT2D eigenvalue weighted by molar-refractivity contribution is 0.403. The Hall–Kier alpha value is -1.15. The van der Waals surface area contributed by atoms with Crippen LogP contribution in [0.4, 0.5) is 0 Å². The van der Waals surface area contributed by atoms with Gasteiger partial charge in [-0.2, -0.15) is 0 Å². The van der Waals surface area contributed by atoms with E-state index in [0.29, 0.717) is 0 Å². The second-order valence-corrected chi connectivity index (χ2v) is 2.29. The summed E-state index contributed by atoms with van der Waals surface area (Å²) < 4.78 is 0. The number of aromatic hydroxyl groups is 2. The third-order valence-electron chi connectivity index (χ3n) is 1.25. The molecule has 3 heteroatoms. The van der Waals surface area contributed by atoms with Gasteiger partial charge in [-0.25, -0.2) is 0 Å². The molecule has 2 N–H and O–H groups in total. The minimum Gasteiger partial charge on any atom is -0.504 e. The first kappa shape index (κ1) is 7.95. The molecule has 0 saturated heterocycles. The summed E-state index contributed by atoms with van der Waals surface area (Å²) in [5.41, 5.74) is 2.08. The number of phenols is 2. The van der Waals surface area contributed by atoms with Crippen LogP contribution in [0, 0.1) is 0 Å². The Balaban J connectivity index is 3.05. The van der Waals surface area contributed by atoms with Crippen molar-refractivity contribution in [2.45, 2.75) is 0 Å². The fraction of sp³-hybridized carbons (Fsp3) is 0. The lowest BCUT2D eigenvalue weighted by Gasteiger charge is -1.97. The lowest BCUT2D eigenvalue weighted by Crippen LogP contribution is -1.71. The van der Waals surface area contributed by atoms with Crippen molar-refractivity contribution in [1.29, 1.82) is 0 Å². The van der Waals surface area contributed by atoms with Gasteiger partial charge in [0.1, 0.15) is 0 Å². The zero-order chi connectivity index (χ0) is 8.27. The van der Waals surface area contributed by atoms with Crippen molar-refractivity contribution in [3.05, 3.63) is 29.3 Å². The maximum atomic E-state index is 9.00. The van der Waals surface area contributed by atoms with E-state index in [0.717, 1.165) is 5.56 Å². The molecule has 0 fully saturated rings. The first-order valence-electron chi connectivity index (χ1n) is 3.03. The van der Waals surface area contributed by atoms with E-state index >= 15 is 0 Å². The van der Waals surface area contributed by atoms with Crippen LogP contribution in [0.25, 0.3) is 6.08 Å². The van der Waals surface area contributed by atoms with Crippen LogP contribution in [0.3, 0.4) is 0 Å². The summed E-state index contributed by atoms with van der Waals surface area (Å²) in [6.45, 7) is 0. The fourth-order valence-corrected chi connectivity index (χ4v) is 0.862. The van der Waals surface area contributed by atoms with Crippen LogP contribution in [0.5, 0.6) is 11.5 Å². The van der Waals surface area contributed by atoms with Crippen molar-refractivity contribution >= 4 is 17.7 Å². The first-order chi connectivity index (χ1) is 5.24. The summed E-state index contributed by atoms with van der Waals surface area (Å²) >= 11 is 5.30. The molecule has 0 aromatic heterocycles. The Morgan fingerprint density at radius 3 is 2.45 bits per heavy atom. The zero-order valence-corrected chi connectivity index (χ0v) is 6.42. The van der Waals surface area contributed by atoms with E-state index < -0.39 is 0 Å². The average molecular weight is 171 g/mol. The highest BCUT2D eigenvalue weighted by molar-refractivity contribution is 6.27. The largest absolute Gasteiger partial charge is 0.504 e. The summed E-state index contributed by atoms with van der Waals surface area (Å²) in [5, 5.41) is 17.9. The highest BCUT2D eigenvalue weighted by atomic mass is 35.5. The van der Waals surface area contributed by atoms with E-state index in [9.17, 15) is 0 Å². The Morgan fingerprint density at radius 1 is 1.18 bits per heavy atom. The van der Waals surface area contributed by atoms with Crippen LogP contribution in [-0.2, 0) is 0 Å². The molecule has 0 bridgehead atoms. The molecule has 0 saturated carbocycles. The van der Waals surface area contributed by atoms with E-state index in [1.165, 1.54) is 17.7 Å². The SMILES string of the molecule is Oc1ccc(C=CCl)cc1O. The Kier molecular flexibility index (Phi) is 2.39. The van der Waals surface area contributed by atoms with Crippen LogP contribution in [0.1, 0.15) is 5.56 Å². The molecule has 1 rings (SSSR count). The third-order valence-corrected chi connectivity index (χ3v) is 1.38. The minimum absolute atomic E-state index is 0.128. The molecular formula is C8H7ClO2. The number of hydrogen-bond donors (Lipinski definition) is 2. The van der Waals surface area contributed by atoms with Crippen molar-refractivity contribution in [1.82, 2.24) is 0 Å². The van der Waals surface area contributed by atoms with Gasteiger partial charge in [0, 0.05) is 5.54 Å². The van der Waals surface area contributed by atoms with Crippen LogP contribution in [0.15, 0.2) is 23.7 Å². The normalized spacial score (nSPS) is 10.6. The summed E-state index contributed by atoms with van der Waals surface area (Å²) in [7, 11) is 0. The molecule has 11 heavy (non-hydrogen) atoms. The number of rotatable bonds is 1. The first-order valence-corrected chi connectivity index (χ1v) is 3.46. The van der Waals surface area contributed by atoms with Gasteiger partial charge in [0.2, 0.25) is 0 Å². The van der Waals surface area contributed by atoms with Crippen LogP contribution < -0.4 is 0 Å². The van der Waals surface area contributed by atoms with Crippen molar-refractivity contribution in [3.8, 4) is 11.5 Å². The van der Waals surface area contributed by atoms with E-state index in [1.54, 1.807) is 12.1 Å². The van der Waals surface area contributed by atoms with Crippen LogP contribution in [-0.4, -0.2) is 10.2 Å². The Morgan fingerprint density at radius 2 is 1.91 bits per heavy atom. The highest BCUT2D eigenvalue weighted by Gasteiger charge is 1.96. The van der Waals surface area contributed by atoms with Gasteiger partial charge < -0.3 is 10.2 Å². The van der Waals surface area contributed by atoms with Crippen molar-refractivity contribution in [2.75, 3.05) is 0 Å². The summed E-state index contributed by atoms with van der Waals surface area (Å²) in [6.07, 6.45) is 1.61. The van der Waals surface area contributed by atoms with Crippen LogP contribution >= 0.6 is 11.6 Å². The molecule has 58 valence electrons. The van der Waals surface area contributed by atoms with Gasteiger partial charge in [-0.1, -0.05) is 17.7 Å². The van der Waals surface area contributed by atoms with Gasteiger partial charge in [0.25, 0.3) is 0 Å².